The molecule has 2 rings (SSSR count). The summed E-state index contributed by atoms with van der Waals surface area (Å²) in [4.78, 5) is 11.9. The summed E-state index contributed by atoms with van der Waals surface area (Å²) < 4.78 is 28.3. The van der Waals surface area contributed by atoms with Gasteiger partial charge in [-0.3, -0.25) is 4.79 Å². The fourth-order valence-electron chi connectivity index (χ4n) is 1.93. The summed E-state index contributed by atoms with van der Waals surface area (Å²) >= 11 is 0. The number of nitrogens with one attached hydrogen (secondary N) is 1. The Labute approximate surface area is 131 Å². The SMILES string of the molecule is O=C(NCCc1ccc(O)c(O)c1)c1ccc(OC(F)F)cc1. The molecule has 7 heteroatoms. The molecule has 0 bridgehead atoms. The zero-order valence-corrected chi connectivity index (χ0v) is 12.0. The van der Waals surface area contributed by atoms with Crippen LogP contribution in [0.2, 0.25) is 0 Å². The van der Waals surface area contributed by atoms with Gasteiger partial charge in [-0.25, -0.2) is 0 Å². The molecule has 0 saturated carbocycles. The van der Waals surface area contributed by atoms with E-state index in [4.69, 9.17) is 0 Å². The smallest absolute Gasteiger partial charge is 0.387 e. The maximum atomic E-state index is 12.0. The van der Waals surface area contributed by atoms with Crippen molar-refractivity contribution in [2.45, 2.75) is 13.0 Å². The number of rotatable bonds is 6. The molecule has 0 radical (unpaired) electrons. The zero-order valence-electron chi connectivity index (χ0n) is 12.0. The van der Waals surface area contributed by atoms with Crippen LogP contribution in [0, 0.1) is 0 Å². The molecule has 0 aromatic heterocycles. The Balaban J connectivity index is 1.85. The molecular formula is C16H15F2NO4. The van der Waals surface area contributed by atoms with Crippen molar-refractivity contribution >= 4 is 5.91 Å². The van der Waals surface area contributed by atoms with Gasteiger partial charge < -0.3 is 20.3 Å². The lowest BCUT2D eigenvalue weighted by atomic mass is 10.1. The minimum Gasteiger partial charge on any atom is -0.504 e. The quantitative estimate of drug-likeness (QED) is 0.714. The third kappa shape index (κ3) is 4.84. The molecule has 0 aliphatic heterocycles. The van der Waals surface area contributed by atoms with Gasteiger partial charge in [0, 0.05) is 12.1 Å². The number of aromatic hydroxyl groups is 2. The molecule has 0 unspecified atom stereocenters. The van der Waals surface area contributed by atoms with Crippen LogP contribution in [0.4, 0.5) is 8.78 Å². The van der Waals surface area contributed by atoms with Crippen LogP contribution in [0.3, 0.4) is 0 Å². The van der Waals surface area contributed by atoms with Crippen molar-refractivity contribution in [1.29, 1.82) is 0 Å². The molecule has 0 fully saturated rings. The van der Waals surface area contributed by atoms with Crippen LogP contribution in [0.25, 0.3) is 0 Å². The molecule has 0 saturated heterocycles. The van der Waals surface area contributed by atoms with Crippen LogP contribution in [0.15, 0.2) is 42.5 Å². The summed E-state index contributed by atoms with van der Waals surface area (Å²) in [6, 6.07) is 9.78. The predicted molar refractivity (Wildman–Crippen MR) is 78.9 cm³/mol. The number of amides is 1. The predicted octanol–water partition coefficient (Wildman–Crippen LogP) is 2.67. The highest BCUT2D eigenvalue weighted by Gasteiger charge is 2.08. The molecule has 23 heavy (non-hydrogen) atoms. The highest BCUT2D eigenvalue weighted by molar-refractivity contribution is 5.94. The number of carbonyl (C=O) groups excluding carboxylic acids is 1. The van der Waals surface area contributed by atoms with E-state index in [0.717, 1.165) is 5.56 Å². The third-order valence-corrected chi connectivity index (χ3v) is 3.08. The molecule has 3 N–H and O–H groups in total. The van der Waals surface area contributed by atoms with E-state index in [9.17, 15) is 23.8 Å². The van der Waals surface area contributed by atoms with Crippen LogP contribution < -0.4 is 10.1 Å². The fraction of sp³-hybridized carbons (Fsp3) is 0.188. The molecular weight excluding hydrogens is 308 g/mol. The lowest BCUT2D eigenvalue weighted by Crippen LogP contribution is -2.25. The summed E-state index contributed by atoms with van der Waals surface area (Å²) in [6.07, 6.45) is 0.464. The molecule has 0 atom stereocenters. The van der Waals surface area contributed by atoms with Crippen LogP contribution in [-0.4, -0.2) is 29.3 Å². The van der Waals surface area contributed by atoms with Gasteiger partial charge in [0.2, 0.25) is 0 Å². The highest BCUT2D eigenvalue weighted by Crippen LogP contribution is 2.24. The van der Waals surface area contributed by atoms with Crippen molar-refractivity contribution in [3.63, 3.8) is 0 Å². The molecule has 2 aromatic carbocycles. The van der Waals surface area contributed by atoms with Crippen molar-refractivity contribution in [2.24, 2.45) is 0 Å². The number of halogens is 2. The number of phenolic OH excluding ortho intramolecular Hbond substituents is 2. The minimum absolute atomic E-state index is 0.0175. The molecule has 5 nitrogen and oxygen atoms in total. The van der Waals surface area contributed by atoms with E-state index in [1.165, 1.54) is 36.4 Å². The molecule has 0 aliphatic carbocycles. The third-order valence-electron chi connectivity index (χ3n) is 3.08. The maximum absolute atomic E-state index is 12.0. The van der Waals surface area contributed by atoms with Gasteiger partial charge in [-0.15, -0.1) is 0 Å². The summed E-state index contributed by atoms with van der Waals surface area (Å²) in [5, 5.41) is 21.2. The topological polar surface area (TPSA) is 78.8 Å². The van der Waals surface area contributed by atoms with Crippen molar-refractivity contribution < 1.29 is 28.5 Å². The Morgan fingerprint density at radius 2 is 1.78 bits per heavy atom. The summed E-state index contributed by atoms with van der Waals surface area (Å²) in [7, 11) is 0. The Kier molecular flexibility index (Phi) is 5.35. The van der Waals surface area contributed by atoms with Gasteiger partial charge in [0.05, 0.1) is 0 Å². The first-order valence-electron chi connectivity index (χ1n) is 6.79. The normalized spacial score (nSPS) is 10.6. The van der Waals surface area contributed by atoms with Crippen molar-refractivity contribution in [1.82, 2.24) is 5.32 Å². The Morgan fingerprint density at radius 3 is 2.39 bits per heavy atom. The number of carbonyl (C=O) groups is 1. The van der Waals surface area contributed by atoms with E-state index in [1.807, 2.05) is 0 Å². The van der Waals surface area contributed by atoms with Crippen molar-refractivity contribution in [2.75, 3.05) is 6.54 Å². The van der Waals surface area contributed by atoms with E-state index in [0.29, 0.717) is 18.5 Å². The largest absolute Gasteiger partial charge is 0.504 e. The van der Waals surface area contributed by atoms with Gasteiger partial charge in [-0.2, -0.15) is 8.78 Å². The van der Waals surface area contributed by atoms with E-state index in [-0.39, 0.29) is 23.2 Å². The number of benzene rings is 2. The average molecular weight is 323 g/mol. The molecule has 2 aromatic rings. The Morgan fingerprint density at radius 1 is 1.09 bits per heavy atom. The molecule has 0 heterocycles. The zero-order chi connectivity index (χ0) is 16.8. The van der Waals surface area contributed by atoms with E-state index >= 15 is 0 Å². The second-order valence-corrected chi connectivity index (χ2v) is 4.73. The summed E-state index contributed by atoms with van der Waals surface area (Å²) in [5.74, 6) is -0.792. The monoisotopic (exact) mass is 323 g/mol. The first-order chi connectivity index (χ1) is 11.0. The van der Waals surface area contributed by atoms with Gasteiger partial charge in [-0.05, 0) is 48.4 Å². The Hall–Kier alpha value is -2.83. The average Bonchev–Trinajstić information content (AvgIpc) is 2.51. The van der Waals surface area contributed by atoms with E-state index < -0.39 is 6.61 Å². The van der Waals surface area contributed by atoms with E-state index in [1.54, 1.807) is 6.07 Å². The van der Waals surface area contributed by atoms with Crippen LogP contribution in [0.1, 0.15) is 15.9 Å². The standard InChI is InChI=1S/C16H15F2NO4/c17-16(18)23-12-4-2-11(3-5-12)15(22)19-8-7-10-1-6-13(20)14(21)9-10/h1-6,9,16,20-21H,7-8H2,(H,19,22). The minimum atomic E-state index is -2.91. The number of ether oxygens (including phenoxy) is 1. The van der Waals surface area contributed by atoms with E-state index in [2.05, 4.69) is 10.1 Å². The van der Waals surface area contributed by atoms with Crippen LogP contribution in [-0.2, 0) is 6.42 Å². The highest BCUT2D eigenvalue weighted by atomic mass is 19.3. The number of hydrogen-bond donors (Lipinski definition) is 3. The van der Waals surface area contributed by atoms with Crippen molar-refractivity contribution in [3.05, 3.63) is 53.6 Å². The molecule has 1 amide bonds. The number of phenols is 2. The molecule has 0 spiro atoms. The number of alkyl halides is 2. The fourth-order valence-corrected chi connectivity index (χ4v) is 1.93. The maximum Gasteiger partial charge on any atom is 0.387 e. The number of hydrogen-bond acceptors (Lipinski definition) is 4. The molecule has 122 valence electrons. The summed E-state index contributed by atoms with van der Waals surface area (Å²) in [6.45, 7) is -2.59. The van der Waals surface area contributed by atoms with Gasteiger partial charge in [0.15, 0.2) is 11.5 Å². The second-order valence-electron chi connectivity index (χ2n) is 4.73. The molecule has 0 aliphatic rings. The first-order valence-corrected chi connectivity index (χ1v) is 6.79. The second kappa shape index (κ2) is 7.44. The first kappa shape index (κ1) is 16.5. The van der Waals surface area contributed by atoms with Crippen molar-refractivity contribution in [3.8, 4) is 17.2 Å². The summed E-state index contributed by atoms with van der Waals surface area (Å²) in [5.41, 5.74) is 1.07. The van der Waals surface area contributed by atoms with Gasteiger partial charge in [-0.1, -0.05) is 6.07 Å². The van der Waals surface area contributed by atoms with Crippen LogP contribution >= 0.6 is 0 Å². The van der Waals surface area contributed by atoms with Crippen LogP contribution in [0.5, 0.6) is 17.2 Å². The lowest BCUT2D eigenvalue weighted by Gasteiger charge is -2.08. The van der Waals surface area contributed by atoms with Gasteiger partial charge in [0.25, 0.3) is 5.91 Å². The lowest BCUT2D eigenvalue weighted by molar-refractivity contribution is -0.0498. The van der Waals surface area contributed by atoms with Gasteiger partial charge in [0.1, 0.15) is 5.75 Å². The van der Waals surface area contributed by atoms with Gasteiger partial charge >= 0.3 is 6.61 Å². The Bertz CT molecular complexity index is 674.